The number of hydrogen-bond acceptors (Lipinski definition) is 8. The van der Waals surface area contributed by atoms with Gasteiger partial charge >= 0.3 is 5.97 Å². The SMILES string of the molecule is CC(=O)NN.NNC1(N2C(=O)CCC2=O)C=CC(C(=O)O)=CN1. The second kappa shape index (κ2) is 7.49. The molecule has 0 radical (unpaired) electrons. The van der Waals surface area contributed by atoms with E-state index >= 15 is 0 Å². The van der Waals surface area contributed by atoms with Gasteiger partial charge in [0.15, 0.2) is 0 Å². The number of likely N-dealkylation sites (tertiary alicyclic amines) is 1. The van der Waals surface area contributed by atoms with Crippen LogP contribution in [-0.4, -0.2) is 39.5 Å². The number of hydrazine groups is 2. The van der Waals surface area contributed by atoms with Crippen LogP contribution in [0.25, 0.3) is 0 Å². The topological polar surface area (TPSA) is 180 Å². The zero-order valence-corrected chi connectivity index (χ0v) is 12.3. The van der Waals surface area contributed by atoms with Crippen LogP contribution in [-0.2, 0) is 19.2 Å². The van der Waals surface area contributed by atoms with E-state index in [4.69, 9.17) is 10.9 Å². The van der Waals surface area contributed by atoms with Crippen molar-refractivity contribution in [2.45, 2.75) is 25.6 Å². The third-order valence-electron chi connectivity index (χ3n) is 3.03. The quantitative estimate of drug-likeness (QED) is 0.140. The van der Waals surface area contributed by atoms with Crippen molar-refractivity contribution in [3.63, 3.8) is 0 Å². The molecule has 1 atom stereocenters. The lowest BCUT2D eigenvalue weighted by atomic mass is 10.1. The lowest BCUT2D eigenvalue weighted by Gasteiger charge is -2.39. The van der Waals surface area contributed by atoms with E-state index < -0.39 is 11.8 Å². The number of carbonyl (C=O) groups is 4. The number of carbonyl (C=O) groups excluding carboxylic acids is 3. The van der Waals surface area contributed by atoms with E-state index in [9.17, 15) is 19.2 Å². The Morgan fingerprint density at radius 1 is 1.30 bits per heavy atom. The minimum atomic E-state index is -1.40. The molecular formula is C12H18N6O5. The van der Waals surface area contributed by atoms with Crippen molar-refractivity contribution in [1.29, 1.82) is 0 Å². The largest absolute Gasteiger partial charge is 0.478 e. The number of imide groups is 1. The van der Waals surface area contributed by atoms with Gasteiger partial charge in [0.25, 0.3) is 0 Å². The van der Waals surface area contributed by atoms with Crippen LogP contribution in [0.1, 0.15) is 19.8 Å². The highest BCUT2D eigenvalue weighted by atomic mass is 16.4. The molecular weight excluding hydrogens is 308 g/mol. The highest BCUT2D eigenvalue weighted by molar-refractivity contribution is 6.03. The second-order valence-corrected chi connectivity index (χ2v) is 4.62. The minimum absolute atomic E-state index is 0.0000279. The third kappa shape index (κ3) is 4.12. The van der Waals surface area contributed by atoms with Gasteiger partial charge in [0.1, 0.15) is 0 Å². The molecule has 0 aromatic rings. The average Bonchev–Trinajstić information content (AvgIpc) is 2.87. The first kappa shape index (κ1) is 18.3. The summed E-state index contributed by atoms with van der Waals surface area (Å²) < 4.78 is 0. The molecule has 2 heterocycles. The Labute approximate surface area is 131 Å². The summed E-state index contributed by atoms with van der Waals surface area (Å²) in [5.41, 5.74) is 4.22. The van der Waals surface area contributed by atoms with Gasteiger partial charge in [-0.25, -0.2) is 21.0 Å². The van der Waals surface area contributed by atoms with Crippen molar-refractivity contribution in [2.24, 2.45) is 11.7 Å². The first-order valence-electron chi connectivity index (χ1n) is 6.48. The predicted molar refractivity (Wildman–Crippen MR) is 77.1 cm³/mol. The van der Waals surface area contributed by atoms with Crippen molar-refractivity contribution in [3.05, 3.63) is 23.9 Å². The summed E-state index contributed by atoms with van der Waals surface area (Å²) in [6.07, 6.45) is 4.02. The predicted octanol–water partition coefficient (Wildman–Crippen LogP) is -2.62. The maximum atomic E-state index is 11.7. The van der Waals surface area contributed by atoms with Gasteiger partial charge in [-0.1, -0.05) is 0 Å². The molecule has 8 N–H and O–H groups in total. The van der Waals surface area contributed by atoms with Gasteiger partial charge in [-0.2, -0.15) is 0 Å². The van der Waals surface area contributed by atoms with Crippen LogP contribution in [0.5, 0.6) is 0 Å². The Morgan fingerprint density at radius 2 is 1.83 bits per heavy atom. The molecule has 2 aliphatic rings. The van der Waals surface area contributed by atoms with E-state index in [2.05, 4.69) is 16.6 Å². The molecule has 3 amide bonds. The number of nitrogens with two attached hydrogens (primary N) is 2. The van der Waals surface area contributed by atoms with E-state index in [0.29, 0.717) is 0 Å². The van der Waals surface area contributed by atoms with Crippen molar-refractivity contribution in [3.8, 4) is 0 Å². The average molecular weight is 326 g/mol. The standard InChI is InChI=1S/C10H12N4O4.C2H6N2O/c11-13-10(14-7(15)1-2-8(14)16)4-3-6(5-12-10)9(17)18;1-2(5)4-3/h3-5,12-13H,1-2,11H2,(H,17,18);3H2,1H3,(H,4,5). The monoisotopic (exact) mass is 326 g/mol. The summed E-state index contributed by atoms with van der Waals surface area (Å²) in [6.45, 7) is 1.35. The van der Waals surface area contributed by atoms with Crippen molar-refractivity contribution >= 4 is 23.7 Å². The summed E-state index contributed by atoms with van der Waals surface area (Å²) in [5.74, 6) is 6.46. The fourth-order valence-corrected chi connectivity index (χ4v) is 1.89. The minimum Gasteiger partial charge on any atom is -0.478 e. The summed E-state index contributed by atoms with van der Waals surface area (Å²) in [6, 6.07) is 0. The van der Waals surface area contributed by atoms with Crippen molar-refractivity contribution in [2.75, 3.05) is 0 Å². The summed E-state index contributed by atoms with van der Waals surface area (Å²) in [7, 11) is 0. The zero-order chi connectivity index (χ0) is 17.6. The van der Waals surface area contributed by atoms with Crippen molar-refractivity contribution in [1.82, 2.24) is 21.1 Å². The van der Waals surface area contributed by atoms with E-state index in [-0.39, 0.29) is 36.1 Å². The molecule has 0 saturated carbocycles. The molecule has 2 rings (SSSR count). The number of hydrogen-bond donors (Lipinski definition) is 6. The number of nitrogens with one attached hydrogen (secondary N) is 3. The lowest BCUT2D eigenvalue weighted by Crippen LogP contribution is -2.69. The molecule has 11 heteroatoms. The smallest absolute Gasteiger partial charge is 0.337 e. The number of nitrogens with zero attached hydrogens (tertiary/aromatic N) is 1. The Kier molecular flexibility index (Phi) is 5.95. The van der Waals surface area contributed by atoms with Crippen LogP contribution < -0.4 is 27.9 Å². The van der Waals surface area contributed by atoms with Gasteiger partial charge in [-0.05, 0) is 12.2 Å². The van der Waals surface area contributed by atoms with Crippen LogP contribution >= 0.6 is 0 Å². The Balaban J connectivity index is 0.000000463. The molecule has 0 spiro atoms. The number of carboxylic acid groups (broad SMARTS) is 1. The van der Waals surface area contributed by atoms with Gasteiger partial charge in [0, 0.05) is 26.0 Å². The second-order valence-electron chi connectivity index (χ2n) is 4.62. The lowest BCUT2D eigenvalue weighted by molar-refractivity contribution is -0.146. The number of dihydropyridines is 1. The molecule has 1 saturated heterocycles. The maximum absolute atomic E-state index is 11.7. The maximum Gasteiger partial charge on any atom is 0.337 e. The van der Waals surface area contributed by atoms with Crippen LogP contribution in [0.2, 0.25) is 0 Å². The van der Waals surface area contributed by atoms with E-state index in [0.717, 1.165) is 4.90 Å². The number of rotatable bonds is 3. The molecule has 23 heavy (non-hydrogen) atoms. The highest BCUT2D eigenvalue weighted by Gasteiger charge is 2.45. The molecule has 0 aromatic carbocycles. The van der Waals surface area contributed by atoms with Crippen LogP contribution in [0, 0.1) is 0 Å². The Morgan fingerprint density at radius 3 is 2.13 bits per heavy atom. The van der Waals surface area contributed by atoms with E-state index in [1.807, 2.05) is 5.43 Å². The first-order chi connectivity index (χ1) is 10.8. The number of aliphatic carboxylic acids is 1. The molecule has 0 bridgehead atoms. The molecule has 1 fully saturated rings. The van der Waals surface area contributed by atoms with Gasteiger partial charge in [-0.15, -0.1) is 0 Å². The van der Waals surface area contributed by atoms with Crippen LogP contribution in [0.15, 0.2) is 23.9 Å². The third-order valence-corrected chi connectivity index (χ3v) is 3.03. The Hall–Kier alpha value is -2.76. The summed E-state index contributed by atoms with van der Waals surface area (Å²) >= 11 is 0. The fraction of sp³-hybridized carbons (Fsp3) is 0.333. The zero-order valence-electron chi connectivity index (χ0n) is 12.3. The molecule has 0 aliphatic carbocycles. The highest BCUT2D eigenvalue weighted by Crippen LogP contribution is 2.23. The summed E-state index contributed by atoms with van der Waals surface area (Å²) in [4.78, 5) is 44.6. The molecule has 126 valence electrons. The number of amides is 3. The van der Waals surface area contributed by atoms with Gasteiger partial charge < -0.3 is 10.4 Å². The van der Waals surface area contributed by atoms with Gasteiger partial charge in [0.2, 0.25) is 23.5 Å². The molecule has 0 aromatic heterocycles. The van der Waals surface area contributed by atoms with Crippen LogP contribution in [0.4, 0.5) is 0 Å². The van der Waals surface area contributed by atoms with Gasteiger partial charge in [-0.3, -0.25) is 25.7 Å². The van der Waals surface area contributed by atoms with E-state index in [1.165, 1.54) is 25.3 Å². The summed E-state index contributed by atoms with van der Waals surface area (Å²) in [5, 5.41) is 11.4. The number of carboxylic acids is 1. The van der Waals surface area contributed by atoms with Gasteiger partial charge in [0.05, 0.1) is 5.57 Å². The molecule has 1 unspecified atom stereocenters. The molecule has 11 nitrogen and oxygen atoms in total. The first-order valence-corrected chi connectivity index (χ1v) is 6.48. The van der Waals surface area contributed by atoms with Crippen LogP contribution in [0.3, 0.4) is 0 Å². The fourth-order valence-electron chi connectivity index (χ4n) is 1.89. The van der Waals surface area contributed by atoms with E-state index in [1.54, 1.807) is 0 Å². The normalized spacial score (nSPS) is 22.7. The van der Waals surface area contributed by atoms with Crippen molar-refractivity contribution < 1.29 is 24.3 Å². The Bertz CT molecular complexity index is 570. The molecule has 2 aliphatic heterocycles.